The van der Waals surface area contributed by atoms with Crippen molar-refractivity contribution in [2.75, 3.05) is 0 Å². The molecule has 2 nitrogen and oxygen atoms in total. The number of halogens is 2. The van der Waals surface area contributed by atoms with Crippen LogP contribution in [0.4, 0.5) is 0 Å². The second-order valence-electron chi connectivity index (χ2n) is 3.89. The molecule has 1 amide bonds. The third kappa shape index (κ3) is 3.55. The molecule has 2 aromatic rings. The van der Waals surface area contributed by atoms with Crippen molar-refractivity contribution in [2.24, 2.45) is 0 Å². The summed E-state index contributed by atoms with van der Waals surface area (Å²) >= 11 is 7.19. The van der Waals surface area contributed by atoms with E-state index >= 15 is 0 Å². The van der Waals surface area contributed by atoms with Crippen molar-refractivity contribution in [2.45, 2.75) is 13.0 Å². The van der Waals surface area contributed by atoms with Crippen LogP contribution in [0.3, 0.4) is 0 Å². The predicted molar refractivity (Wildman–Crippen MR) is 87.1 cm³/mol. The van der Waals surface area contributed by atoms with E-state index in [9.17, 15) is 4.79 Å². The Morgan fingerprint density at radius 1 is 1.39 bits per heavy atom. The molecule has 0 radical (unpaired) electrons. The molecule has 0 spiro atoms. The van der Waals surface area contributed by atoms with Crippen molar-refractivity contribution in [3.05, 3.63) is 54.2 Å². The van der Waals surface area contributed by atoms with Crippen LogP contribution in [0.2, 0.25) is 0 Å². The Morgan fingerprint density at radius 2 is 2.06 bits per heavy atom. The topological polar surface area (TPSA) is 29.1 Å². The van der Waals surface area contributed by atoms with Crippen molar-refractivity contribution < 1.29 is 4.79 Å². The smallest absolute Gasteiger partial charge is 0.252 e. The molecule has 1 aromatic heterocycles. The first kappa shape index (κ1) is 14.0. The van der Waals surface area contributed by atoms with Gasteiger partial charge in [-0.1, -0.05) is 28.1 Å². The van der Waals surface area contributed by atoms with Gasteiger partial charge in [0.25, 0.3) is 5.91 Å². The predicted octanol–water partition coefficient (Wildman–Crippen LogP) is 4.61. The highest BCUT2D eigenvalue weighted by atomic mass is 127. The molecular formula is C13H11BrINOS. The zero-order chi connectivity index (χ0) is 13.1. The average molecular weight is 436 g/mol. The summed E-state index contributed by atoms with van der Waals surface area (Å²) in [5.41, 5.74) is 1.82. The molecule has 0 aliphatic heterocycles. The summed E-state index contributed by atoms with van der Waals surface area (Å²) in [4.78, 5) is 12.0. The average Bonchev–Trinajstić information content (AvgIpc) is 2.76. The molecule has 18 heavy (non-hydrogen) atoms. The van der Waals surface area contributed by atoms with Gasteiger partial charge in [0.2, 0.25) is 0 Å². The van der Waals surface area contributed by atoms with Crippen molar-refractivity contribution in [3.63, 3.8) is 0 Å². The van der Waals surface area contributed by atoms with E-state index < -0.39 is 0 Å². The quantitative estimate of drug-likeness (QED) is 0.701. The van der Waals surface area contributed by atoms with Gasteiger partial charge in [-0.25, -0.2) is 0 Å². The first-order valence-electron chi connectivity index (χ1n) is 5.36. The highest BCUT2D eigenvalue weighted by Gasteiger charge is 2.12. The molecular weight excluding hydrogens is 425 g/mol. The summed E-state index contributed by atoms with van der Waals surface area (Å²) in [6.45, 7) is 1.98. The molecule has 5 heteroatoms. The Labute approximate surface area is 132 Å². The maximum atomic E-state index is 12.0. The van der Waals surface area contributed by atoms with Crippen LogP contribution in [-0.4, -0.2) is 5.91 Å². The van der Waals surface area contributed by atoms with Crippen LogP contribution < -0.4 is 5.32 Å². The molecule has 0 bridgehead atoms. The van der Waals surface area contributed by atoms with Crippen LogP contribution in [-0.2, 0) is 0 Å². The van der Waals surface area contributed by atoms with Crippen molar-refractivity contribution in [1.82, 2.24) is 5.32 Å². The standard InChI is InChI=1S/C13H11BrINOS/c1-8(9-2-4-11(14)5-3-9)16-13(17)10-6-12(15)18-7-10/h2-8H,1H3,(H,16,17). The van der Waals surface area contributed by atoms with Gasteiger partial charge in [-0.2, -0.15) is 0 Å². The van der Waals surface area contributed by atoms with Gasteiger partial charge in [-0.15, -0.1) is 11.3 Å². The number of nitrogens with one attached hydrogen (secondary N) is 1. The zero-order valence-corrected chi connectivity index (χ0v) is 14.2. The fourth-order valence-electron chi connectivity index (χ4n) is 1.54. The van der Waals surface area contributed by atoms with Gasteiger partial charge in [0.1, 0.15) is 0 Å². The van der Waals surface area contributed by atoms with Gasteiger partial charge in [-0.05, 0) is 53.3 Å². The Kier molecular flexibility index (Phi) is 4.80. The number of hydrogen-bond donors (Lipinski definition) is 1. The van der Waals surface area contributed by atoms with Gasteiger partial charge in [0, 0.05) is 9.85 Å². The van der Waals surface area contributed by atoms with E-state index in [0.29, 0.717) is 0 Å². The monoisotopic (exact) mass is 435 g/mol. The molecule has 1 aromatic carbocycles. The zero-order valence-electron chi connectivity index (χ0n) is 9.61. The molecule has 2 rings (SSSR count). The van der Waals surface area contributed by atoms with Crippen molar-refractivity contribution in [1.29, 1.82) is 0 Å². The van der Waals surface area contributed by atoms with E-state index in [0.717, 1.165) is 18.5 Å². The lowest BCUT2D eigenvalue weighted by Gasteiger charge is -2.13. The number of amides is 1. The molecule has 1 heterocycles. The van der Waals surface area contributed by atoms with Gasteiger partial charge < -0.3 is 5.32 Å². The lowest BCUT2D eigenvalue weighted by molar-refractivity contribution is 0.0940. The van der Waals surface area contributed by atoms with E-state index in [1.807, 2.05) is 42.6 Å². The number of carbonyl (C=O) groups excluding carboxylic acids is 1. The molecule has 0 aliphatic carbocycles. The van der Waals surface area contributed by atoms with E-state index in [-0.39, 0.29) is 11.9 Å². The third-order valence-electron chi connectivity index (χ3n) is 2.55. The van der Waals surface area contributed by atoms with E-state index in [1.54, 1.807) is 11.3 Å². The van der Waals surface area contributed by atoms with Crippen LogP contribution in [0, 0.1) is 2.88 Å². The number of benzene rings is 1. The van der Waals surface area contributed by atoms with Gasteiger partial charge in [0.05, 0.1) is 14.5 Å². The Balaban J connectivity index is 2.05. The molecule has 0 fully saturated rings. The summed E-state index contributed by atoms with van der Waals surface area (Å²) in [6.07, 6.45) is 0. The summed E-state index contributed by atoms with van der Waals surface area (Å²) < 4.78 is 2.16. The fourth-order valence-corrected chi connectivity index (χ4v) is 3.13. The highest BCUT2D eigenvalue weighted by molar-refractivity contribution is 14.1. The third-order valence-corrected chi connectivity index (χ3v) is 4.86. The maximum absolute atomic E-state index is 12.0. The maximum Gasteiger partial charge on any atom is 0.252 e. The molecule has 0 saturated carbocycles. The normalized spacial score (nSPS) is 12.2. The van der Waals surface area contributed by atoms with E-state index in [2.05, 4.69) is 43.8 Å². The van der Waals surface area contributed by atoms with Gasteiger partial charge in [-0.3, -0.25) is 4.79 Å². The Hall–Kier alpha value is -0.400. The minimum absolute atomic E-state index is 0.00293. The number of carbonyl (C=O) groups is 1. The highest BCUT2D eigenvalue weighted by Crippen LogP contribution is 2.19. The SMILES string of the molecule is CC(NC(=O)c1csc(I)c1)c1ccc(Br)cc1. The lowest BCUT2D eigenvalue weighted by Crippen LogP contribution is -2.26. The summed E-state index contributed by atoms with van der Waals surface area (Å²) in [7, 11) is 0. The molecule has 1 unspecified atom stereocenters. The van der Waals surface area contributed by atoms with Crippen LogP contribution >= 0.6 is 49.9 Å². The van der Waals surface area contributed by atoms with E-state index in [1.165, 1.54) is 0 Å². The number of thiophene rings is 1. The molecule has 0 saturated heterocycles. The molecule has 94 valence electrons. The van der Waals surface area contributed by atoms with Gasteiger partial charge >= 0.3 is 0 Å². The van der Waals surface area contributed by atoms with Crippen molar-refractivity contribution >= 4 is 55.8 Å². The molecule has 1 N–H and O–H groups in total. The Bertz CT molecular complexity index is 552. The molecule has 0 aliphatic rings. The summed E-state index contributed by atoms with van der Waals surface area (Å²) in [6, 6.07) is 9.87. The second-order valence-corrected chi connectivity index (χ2v) is 7.61. The fraction of sp³-hybridized carbons (Fsp3) is 0.154. The first-order valence-corrected chi connectivity index (χ1v) is 8.12. The van der Waals surface area contributed by atoms with Crippen LogP contribution in [0.25, 0.3) is 0 Å². The van der Waals surface area contributed by atoms with Crippen molar-refractivity contribution in [3.8, 4) is 0 Å². The van der Waals surface area contributed by atoms with Crippen LogP contribution in [0.1, 0.15) is 28.9 Å². The Morgan fingerprint density at radius 3 is 2.61 bits per heavy atom. The first-order chi connectivity index (χ1) is 8.56. The molecule has 1 atom stereocenters. The number of rotatable bonds is 3. The second kappa shape index (κ2) is 6.16. The summed E-state index contributed by atoms with van der Waals surface area (Å²) in [5, 5.41) is 4.87. The minimum atomic E-state index is -0.0235. The number of hydrogen-bond acceptors (Lipinski definition) is 2. The summed E-state index contributed by atoms with van der Waals surface area (Å²) in [5.74, 6) is -0.0235. The lowest BCUT2D eigenvalue weighted by atomic mass is 10.1. The minimum Gasteiger partial charge on any atom is -0.345 e. The van der Waals surface area contributed by atoms with Gasteiger partial charge in [0.15, 0.2) is 0 Å². The van der Waals surface area contributed by atoms with Crippen LogP contribution in [0.5, 0.6) is 0 Å². The van der Waals surface area contributed by atoms with E-state index in [4.69, 9.17) is 0 Å². The largest absolute Gasteiger partial charge is 0.345 e. The van der Waals surface area contributed by atoms with Crippen LogP contribution in [0.15, 0.2) is 40.2 Å².